The van der Waals surface area contributed by atoms with E-state index in [9.17, 15) is 14.7 Å². The molecule has 5 rings (SSSR count). The number of amides is 2. The maximum absolute atomic E-state index is 13.6. The molecule has 1 fully saturated rings. The van der Waals surface area contributed by atoms with Gasteiger partial charge in [-0.15, -0.1) is 0 Å². The van der Waals surface area contributed by atoms with Crippen molar-refractivity contribution in [2.24, 2.45) is 5.73 Å². The minimum absolute atomic E-state index is 0.119. The van der Waals surface area contributed by atoms with E-state index in [1.54, 1.807) is 36.3 Å². The van der Waals surface area contributed by atoms with Crippen LogP contribution in [0.15, 0.2) is 48.5 Å². The van der Waals surface area contributed by atoms with Gasteiger partial charge in [0.2, 0.25) is 0 Å². The highest BCUT2D eigenvalue weighted by Crippen LogP contribution is 2.31. The second-order valence-electron chi connectivity index (χ2n) is 8.54. The predicted molar refractivity (Wildman–Crippen MR) is 128 cm³/mol. The van der Waals surface area contributed by atoms with Crippen LogP contribution in [0.5, 0.6) is 5.75 Å². The molecule has 0 spiro atoms. The Labute approximate surface area is 197 Å². The van der Waals surface area contributed by atoms with E-state index in [0.29, 0.717) is 35.7 Å². The van der Waals surface area contributed by atoms with E-state index < -0.39 is 12.1 Å². The molecule has 1 atom stereocenters. The van der Waals surface area contributed by atoms with Crippen LogP contribution in [0, 0.1) is 0 Å². The predicted octanol–water partition coefficient (Wildman–Crippen LogP) is 2.49. The van der Waals surface area contributed by atoms with Gasteiger partial charge in [-0.25, -0.2) is 4.68 Å². The van der Waals surface area contributed by atoms with Crippen molar-refractivity contribution in [3.05, 3.63) is 65.5 Å². The maximum atomic E-state index is 13.6. The lowest BCUT2D eigenvalue weighted by atomic mass is 10.0. The normalized spacial score (nSPS) is 18.1. The molecule has 176 valence electrons. The average Bonchev–Trinajstić information content (AvgIpc) is 3.26. The van der Waals surface area contributed by atoms with E-state index in [1.807, 2.05) is 29.2 Å². The number of carbonyl (C=O) groups is 2. The summed E-state index contributed by atoms with van der Waals surface area (Å²) in [6.07, 6.45) is 2.80. The van der Waals surface area contributed by atoms with E-state index in [-0.39, 0.29) is 11.6 Å². The van der Waals surface area contributed by atoms with Crippen LogP contribution in [0.2, 0.25) is 0 Å². The molecule has 1 saturated heterocycles. The number of fused-ring (bicyclic) bond motifs is 1. The molecule has 0 aliphatic carbocycles. The Morgan fingerprint density at radius 3 is 2.35 bits per heavy atom. The number of methoxy groups -OCH3 is 1. The number of rotatable bonds is 5. The van der Waals surface area contributed by atoms with Gasteiger partial charge in [-0.3, -0.25) is 9.59 Å². The van der Waals surface area contributed by atoms with Crippen LogP contribution in [-0.2, 0) is 6.42 Å². The fourth-order valence-corrected chi connectivity index (χ4v) is 4.75. The molecule has 2 amide bonds. The van der Waals surface area contributed by atoms with Crippen LogP contribution in [0.4, 0.5) is 11.4 Å². The number of nitrogens with two attached hydrogens (primary N) is 1. The number of aliphatic hydroxyl groups excluding tert-OH is 1. The van der Waals surface area contributed by atoms with Gasteiger partial charge in [-0.2, -0.15) is 5.10 Å². The highest BCUT2D eigenvalue weighted by atomic mass is 16.5. The molecular weight excluding hydrogens is 434 g/mol. The molecule has 1 unspecified atom stereocenters. The minimum Gasteiger partial charge on any atom is -0.497 e. The standard InChI is InChI=1S/C25H27N5O4/c1-34-19-11-9-18(10-12-19)30-23-20(22(27-30)24(26)32)13-15-29(25(23)33)17-7-5-16(6-8-17)28-14-3-2-4-21(28)31/h5-12,21,31H,2-4,13-15H2,1H3,(H2,26,32). The van der Waals surface area contributed by atoms with E-state index in [4.69, 9.17) is 10.5 Å². The van der Waals surface area contributed by atoms with Crippen LogP contribution in [0.25, 0.3) is 5.69 Å². The summed E-state index contributed by atoms with van der Waals surface area (Å²) in [6.45, 7) is 1.22. The summed E-state index contributed by atoms with van der Waals surface area (Å²) in [6, 6.07) is 14.7. The lowest BCUT2D eigenvalue weighted by molar-refractivity contribution is 0.0972. The Morgan fingerprint density at radius 2 is 1.71 bits per heavy atom. The van der Waals surface area contributed by atoms with Crippen molar-refractivity contribution >= 4 is 23.2 Å². The van der Waals surface area contributed by atoms with Gasteiger partial charge in [-0.1, -0.05) is 0 Å². The Bertz CT molecular complexity index is 1220. The fourth-order valence-electron chi connectivity index (χ4n) is 4.75. The van der Waals surface area contributed by atoms with Crippen LogP contribution in [0.3, 0.4) is 0 Å². The molecule has 3 N–H and O–H groups in total. The van der Waals surface area contributed by atoms with Gasteiger partial charge >= 0.3 is 0 Å². The van der Waals surface area contributed by atoms with Crippen LogP contribution in [-0.4, -0.2) is 53.1 Å². The zero-order valence-corrected chi connectivity index (χ0v) is 19.0. The summed E-state index contributed by atoms with van der Waals surface area (Å²) in [5.74, 6) is -0.233. The molecule has 34 heavy (non-hydrogen) atoms. The third-order valence-electron chi connectivity index (χ3n) is 6.53. The number of nitrogens with zero attached hydrogens (tertiary/aromatic N) is 4. The molecule has 2 aliphatic rings. The van der Waals surface area contributed by atoms with Crippen molar-refractivity contribution < 1.29 is 19.4 Å². The molecule has 2 aliphatic heterocycles. The highest BCUT2D eigenvalue weighted by Gasteiger charge is 2.34. The van der Waals surface area contributed by atoms with Gasteiger partial charge in [0.1, 0.15) is 17.7 Å². The minimum atomic E-state index is -0.658. The Hall–Kier alpha value is -3.85. The number of hydrogen-bond donors (Lipinski definition) is 2. The Balaban J connectivity index is 1.48. The molecule has 9 nitrogen and oxygen atoms in total. The van der Waals surface area contributed by atoms with Gasteiger partial charge in [0, 0.05) is 30.0 Å². The SMILES string of the molecule is COc1ccc(-n2nc(C(N)=O)c3c2C(=O)N(c2ccc(N4CCCCC4O)cc2)CC3)cc1. The van der Waals surface area contributed by atoms with Crippen molar-refractivity contribution in [3.8, 4) is 11.4 Å². The Morgan fingerprint density at radius 1 is 1.03 bits per heavy atom. The van der Waals surface area contributed by atoms with Crippen molar-refractivity contribution in [2.45, 2.75) is 31.9 Å². The second kappa shape index (κ2) is 8.83. The van der Waals surface area contributed by atoms with Gasteiger partial charge < -0.3 is 25.4 Å². The van der Waals surface area contributed by atoms with Gasteiger partial charge in [-0.05, 0) is 74.2 Å². The van der Waals surface area contributed by atoms with Crippen molar-refractivity contribution in [2.75, 3.05) is 30.0 Å². The summed E-state index contributed by atoms with van der Waals surface area (Å²) in [5, 5.41) is 14.7. The number of primary amides is 1. The van der Waals surface area contributed by atoms with Gasteiger partial charge in [0.15, 0.2) is 5.69 Å². The lowest BCUT2D eigenvalue weighted by Gasteiger charge is -2.34. The summed E-state index contributed by atoms with van der Waals surface area (Å²) < 4.78 is 6.71. The summed E-state index contributed by atoms with van der Waals surface area (Å²) >= 11 is 0. The third-order valence-corrected chi connectivity index (χ3v) is 6.53. The van der Waals surface area contributed by atoms with Crippen LogP contribution in [0.1, 0.15) is 45.8 Å². The molecule has 0 radical (unpaired) electrons. The first-order valence-corrected chi connectivity index (χ1v) is 11.4. The Kier molecular flexibility index (Phi) is 5.70. The first-order chi connectivity index (χ1) is 16.5. The van der Waals surface area contributed by atoms with Crippen molar-refractivity contribution in [1.82, 2.24) is 9.78 Å². The zero-order valence-electron chi connectivity index (χ0n) is 19.0. The topological polar surface area (TPSA) is 114 Å². The van der Waals surface area contributed by atoms with E-state index in [1.165, 1.54) is 4.68 Å². The number of aliphatic hydroxyl groups is 1. The number of hydrogen-bond acceptors (Lipinski definition) is 6. The van der Waals surface area contributed by atoms with Crippen LogP contribution < -0.4 is 20.3 Å². The highest BCUT2D eigenvalue weighted by molar-refractivity contribution is 6.09. The average molecular weight is 462 g/mol. The van der Waals surface area contributed by atoms with Crippen molar-refractivity contribution in [1.29, 1.82) is 0 Å². The molecule has 3 aromatic rings. The number of benzene rings is 2. The number of aromatic nitrogens is 2. The second-order valence-corrected chi connectivity index (χ2v) is 8.54. The van der Waals surface area contributed by atoms with Gasteiger partial charge in [0.25, 0.3) is 11.8 Å². The van der Waals surface area contributed by atoms with E-state index in [0.717, 1.165) is 37.2 Å². The molecular formula is C25H27N5O4. The molecule has 9 heteroatoms. The summed E-state index contributed by atoms with van der Waals surface area (Å²) in [7, 11) is 1.58. The zero-order chi connectivity index (χ0) is 23.8. The van der Waals surface area contributed by atoms with Gasteiger partial charge in [0.05, 0.1) is 12.8 Å². The lowest BCUT2D eigenvalue weighted by Crippen LogP contribution is -2.40. The molecule has 3 heterocycles. The first-order valence-electron chi connectivity index (χ1n) is 11.4. The fraction of sp³-hybridized carbons (Fsp3) is 0.320. The quantitative estimate of drug-likeness (QED) is 0.604. The molecule has 0 bridgehead atoms. The van der Waals surface area contributed by atoms with Crippen LogP contribution >= 0.6 is 0 Å². The van der Waals surface area contributed by atoms with Crippen molar-refractivity contribution in [3.63, 3.8) is 0 Å². The molecule has 0 saturated carbocycles. The smallest absolute Gasteiger partial charge is 0.277 e. The molecule has 2 aromatic carbocycles. The first kappa shape index (κ1) is 22.0. The third kappa shape index (κ3) is 3.77. The maximum Gasteiger partial charge on any atom is 0.277 e. The summed E-state index contributed by atoms with van der Waals surface area (Å²) in [5.41, 5.74) is 8.91. The number of anilines is 2. The summed E-state index contributed by atoms with van der Waals surface area (Å²) in [4.78, 5) is 29.4. The largest absolute Gasteiger partial charge is 0.497 e. The van der Waals surface area contributed by atoms with E-state index >= 15 is 0 Å². The van der Waals surface area contributed by atoms with E-state index in [2.05, 4.69) is 5.10 Å². The number of carbonyl (C=O) groups excluding carboxylic acids is 2. The number of piperidine rings is 1. The molecule has 1 aromatic heterocycles. The monoisotopic (exact) mass is 461 g/mol. The number of ether oxygens (including phenoxy) is 1.